The molecule has 1 fully saturated rings. The molecule has 94 valence electrons. The van der Waals surface area contributed by atoms with E-state index in [2.05, 4.69) is 38.8 Å². The number of fused-ring (bicyclic) bond motifs is 1. The van der Waals surface area contributed by atoms with Crippen molar-refractivity contribution in [3.05, 3.63) is 34.4 Å². The number of ketones is 1. The molecule has 3 rings (SSSR count). The number of carbonyl (C=O) groups is 1. The Bertz CT molecular complexity index is 614. The fourth-order valence-corrected chi connectivity index (χ4v) is 3.68. The number of para-hydroxylation sites is 1. The Labute approximate surface area is 115 Å². The Morgan fingerprint density at radius 3 is 2.94 bits per heavy atom. The maximum atomic E-state index is 12.1. The van der Waals surface area contributed by atoms with Gasteiger partial charge in [0.1, 0.15) is 5.78 Å². The van der Waals surface area contributed by atoms with E-state index in [-0.39, 0.29) is 5.92 Å². The second-order valence-electron chi connectivity index (χ2n) is 5.10. The van der Waals surface area contributed by atoms with Crippen LogP contribution in [-0.4, -0.2) is 10.4 Å². The minimum Gasteiger partial charge on any atom is -0.349 e. The van der Waals surface area contributed by atoms with Gasteiger partial charge >= 0.3 is 0 Å². The quantitative estimate of drug-likeness (QED) is 0.775. The highest BCUT2D eigenvalue weighted by Gasteiger charge is 2.26. The molecule has 1 unspecified atom stereocenters. The number of hydrogen-bond donors (Lipinski definition) is 0. The van der Waals surface area contributed by atoms with Gasteiger partial charge in [-0.2, -0.15) is 0 Å². The van der Waals surface area contributed by atoms with Crippen molar-refractivity contribution in [1.29, 1.82) is 0 Å². The first kappa shape index (κ1) is 12.0. The summed E-state index contributed by atoms with van der Waals surface area (Å²) in [4.78, 5) is 12.1. The Balaban J connectivity index is 2.18. The van der Waals surface area contributed by atoms with Gasteiger partial charge in [0.05, 0.1) is 5.52 Å². The predicted molar refractivity (Wildman–Crippen MR) is 76.8 cm³/mol. The van der Waals surface area contributed by atoms with E-state index in [9.17, 15) is 4.79 Å². The van der Waals surface area contributed by atoms with E-state index in [0.29, 0.717) is 5.78 Å². The molecule has 2 nitrogen and oxygen atoms in total. The second kappa shape index (κ2) is 4.54. The van der Waals surface area contributed by atoms with E-state index >= 15 is 0 Å². The van der Waals surface area contributed by atoms with Gasteiger partial charge in [-0.3, -0.25) is 4.79 Å². The lowest BCUT2D eigenvalue weighted by Gasteiger charge is -2.19. The molecule has 1 aliphatic rings. The van der Waals surface area contributed by atoms with Gasteiger partial charge in [-0.05, 0) is 40.4 Å². The van der Waals surface area contributed by atoms with Crippen molar-refractivity contribution >= 4 is 32.6 Å². The minimum atomic E-state index is 0.108. The van der Waals surface area contributed by atoms with E-state index in [0.717, 1.165) is 23.7 Å². The minimum absolute atomic E-state index is 0.108. The Morgan fingerprint density at radius 1 is 1.33 bits per heavy atom. The smallest absolute Gasteiger partial charge is 0.140 e. The molecule has 0 N–H and O–H groups in total. The fourth-order valence-electron chi connectivity index (χ4n) is 3.04. The summed E-state index contributed by atoms with van der Waals surface area (Å²) >= 11 is 3.59. The predicted octanol–water partition coefficient (Wildman–Crippen LogP) is 4.17. The van der Waals surface area contributed by atoms with Crippen LogP contribution in [0.3, 0.4) is 0 Å². The SMILES string of the molecule is Cn1cc(C2CCCCC2=O)c2cccc(Br)c21. The highest BCUT2D eigenvalue weighted by atomic mass is 79.9. The van der Waals surface area contributed by atoms with Crippen LogP contribution in [0.25, 0.3) is 10.9 Å². The van der Waals surface area contributed by atoms with Crippen LogP contribution >= 0.6 is 15.9 Å². The van der Waals surface area contributed by atoms with Crippen molar-refractivity contribution in [2.75, 3.05) is 0 Å². The van der Waals surface area contributed by atoms with Crippen LogP contribution in [0.1, 0.15) is 37.2 Å². The second-order valence-corrected chi connectivity index (χ2v) is 5.95. The number of halogens is 1. The average Bonchev–Trinajstić information content (AvgIpc) is 2.69. The van der Waals surface area contributed by atoms with Gasteiger partial charge in [-0.15, -0.1) is 0 Å². The topological polar surface area (TPSA) is 22.0 Å². The number of nitrogens with zero attached hydrogens (tertiary/aromatic N) is 1. The summed E-state index contributed by atoms with van der Waals surface area (Å²) in [6.45, 7) is 0. The molecule has 0 aliphatic heterocycles. The summed E-state index contributed by atoms with van der Waals surface area (Å²) in [7, 11) is 2.05. The molecule has 0 radical (unpaired) electrons. The van der Waals surface area contributed by atoms with Crippen molar-refractivity contribution in [3.63, 3.8) is 0 Å². The molecule has 1 aliphatic carbocycles. The molecule has 0 amide bonds. The molecule has 0 bridgehead atoms. The van der Waals surface area contributed by atoms with Crippen LogP contribution in [0.15, 0.2) is 28.9 Å². The van der Waals surface area contributed by atoms with Crippen molar-refractivity contribution in [1.82, 2.24) is 4.57 Å². The van der Waals surface area contributed by atoms with Gasteiger partial charge in [0.25, 0.3) is 0 Å². The van der Waals surface area contributed by atoms with Crippen molar-refractivity contribution < 1.29 is 4.79 Å². The van der Waals surface area contributed by atoms with Crippen molar-refractivity contribution in [2.45, 2.75) is 31.6 Å². The number of carbonyl (C=O) groups excluding carboxylic acids is 1. The van der Waals surface area contributed by atoms with Gasteiger partial charge < -0.3 is 4.57 Å². The Hall–Kier alpha value is -1.09. The first-order valence-corrected chi connectivity index (χ1v) is 7.24. The molecule has 1 atom stereocenters. The van der Waals surface area contributed by atoms with Gasteiger partial charge in [0.15, 0.2) is 0 Å². The molecule has 1 aromatic heterocycles. The summed E-state index contributed by atoms with van der Waals surface area (Å²) in [6.07, 6.45) is 6.10. The lowest BCUT2D eigenvalue weighted by molar-refractivity contribution is -0.121. The molecular formula is C15H16BrNO. The van der Waals surface area contributed by atoms with E-state index in [1.165, 1.54) is 22.9 Å². The maximum absolute atomic E-state index is 12.1. The monoisotopic (exact) mass is 305 g/mol. The van der Waals surface area contributed by atoms with Crippen LogP contribution in [-0.2, 0) is 11.8 Å². The standard InChI is InChI=1S/C15H16BrNO/c1-17-9-12(10-5-2-3-8-14(10)18)11-6-4-7-13(16)15(11)17/h4,6-7,9-10H,2-3,5,8H2,1H3. The van der Waals surface area contributed by atoms with Crippen LogP contribution < -0.4 is 0 Å². The molecule has 2 aromatic rings. The van der Waals surface area contributed by atoms with Crippen LogP contribution in [0.4, 0.5) is 0 Å². The zero-order chi connectivity index (χ0) is 12.7. The van der Waals surface area contributed by atoms with E-state index in [4.69, 9.17) is 0 Å². The molecule has 1 saturated carbocycles. The molecule has 0 spiro atoms. The fraction of sp³-hybridized carbons (Fsp3) is 0.400. The molecule has 1 heterocycles. The van der Waals surface area contributed by atoms with Crippen LogP contribution in [0.2, 0.25) is 0 Å². The maximum Gasteiger partial charge on any atom is 0.140 e. The molecule has 18 heavy (non-hydrogen) atoms. The zero-order valence-corrected chi connectivity index (χ0v) is 12.0. The number of rotatable bonds is 1. The van der Waals surface area contributed by atoms with Gasteiger partial charge in [0.2, 0.25) is 0 Å². The highest BCUT2D eigenvalue weighted by Crippen LogP contribution is 2.37. The van der Waals surface area contributed by atoms with Gasteiger partial charge in [0, 0.05) is 35.4 Å². The summed E-state index contributed by atoms with van der Waals surface area (Å²) in [5.74, 6) is 0.519. The summed E-state index contributed by atoms with van der Waals surface area (Å²) < 4.78 is 3.22. The normalized spacial score (nSPS) is 20.6. The van der Waals surface area contributed by atoms with Crippen LogP contribution in [0.5, 0.6) is 0 Å². The molecular weight excluding hydrogens is 290 g/mol. The lowest BCUT2D eigenvalue weighted by Crippen LogP contribution is -2.16. The van der Waals surface area contributed by atoms with E-state index in [1.54, 1.807) is 0 Å². The first-order chi connectivity index (χ1) is 8.68. The highest BCUT2D eigenvalue weighted by molar-refractivity contribution is 9.10. The van der Waals surface area contributed by atoms with Crippen molar-refractivity contribution in [2.24, 2.45) is 7.05 Å². The summed E-state index contributed by atoms with van der Waals surface area (Å²) in [6, 6.07) is 6.22. The third-order valence-electron chi connectivity index (χ3n) is 3.91. The first-order valence-electron chi connectivity index (χ1n) is 6.44. The summed E-state index contributed by atoms with van der Waals surface area (Å²) in [5, 5.41) is 1.21. The van der Waals surface area contributed by atoms with Gasteiger partial charge in [-0.25, -0.2) is 0 Å². The zero-order valence-electron chi connectivity index (χ0n) is 10.4. The number of Topliss-reactive ketones (excluding diaryl/α,β-unsaturated/α-hetero) is 1. The lowest BCUT2D eigenvalue weighted by atomic mass is 9.83. The Kier molecular flexibility index (Phi) is 3.02. The van der Waals surface area contributed by atoms with Crippen LogP contribution in [0, 0.1) is 0 Å². The number of aromatic nitrogens is 1. The largest absolute Gasteiger partial charge is 0.349 e. The van der Waals surface area contributed by atoms with Crippen molar-refractivity contribution in [3.8, 4) is 0 Å². The van der Waals surface area contributed by atoms with E-state index in [1.807, 2.05) is 13.1 Å². The number of aryl methyl sites for hydroxylation is 1. The summed E-state index contributed by atoms with van der Waals surface area (Å²) in [5.41, 5.74) is 2.39. The van der Waals surface area contributed by atoms with Gasteiger partial charge in [-0.1, -0.05) is 18.6 Å². The third kappa shape index (κ3) is 1.81. The Morgan fingerprint density at radius 2 is 2.17 bits per heavy atom. The number of hydrogen-bond acceptors (Lipinski definition) is 1. The third-order valence-corrected chi connectivity index (χ3v) is 4.55. The number of benzene rings is 1. The molecule has 1 aromatic carbocycles. The average molecular weight is 306 g/mol. The molecule has 3 heteroatoms. The van der Waals surface area contributed by atoms with E-state index < -0.39 is 0 Å². The molecule has 0 saturated heterocycles.